The number of aromatic nitrogens is 1. The van der Waals surface area contributed by atoms with Crippen molar-refractivity contribution in [3.63, 3.8) is 0 Å². The van der Waals surface area contributed by atoms with Gasteiger partial charge in [-0.15, -0.1) is 0 Å². The first kappa shape index (κ1) is 17.3. The van der Waals surface area contributed by atoms with Crippen LogP contribution in [0.5, 0.6) is 0 Å². The minimum Gasteiger partial charge on any atom is -0.365 e. The Bertz CT molecular complexity index is 717. The van der Waals surface area contributed by atoms with E-state index in [0.717, 1.165) is 29.8 Å². The predicted octanol–water partition coefficient (Wildman–Crippen LogP) is 4.74. The molecule has 23 heavy (non-hydrogen) atoms. The fraction of sp³-hybridized carbons (Fsp3) is 0.250. The highest BCUT2D eigenvalue weighted by Crippen LogP contribution is 2.34. The molecule has 2 aromatic rings. The maximum Gasteiger partial charge on any atom is 0.419 e. The first-order chi connectivity index (χ1) is 10.8. The van der Waals surface area contributed by atoms with Crippen molar-refractivity contribution in [2.75, 3.05) is 5.32 Å². The number of aryl methyl sites for hydroxylation is 1. The number of benzene rings is 1. The molecule has 0 bridgehead atoms. The van der Waals surface area contributed by atoms with Gasteiger partial charge in [-0.05, 0) is 35.7 Å². The monoisotopic (exact) mass is 342 g/mol. The summed E-state index contributed by atoms with van der Waals surface area (Å²) >= 11 is 5.94. The number of alkyl halides is 3. The summed E-state index contributed by atoms with van der Waals surface area (Å²) in [5, 5.41) is 3.20. The van der Waals surface area contributed by atoms with Crippen LogP contribution in [0.2, 0.25) is 5.02 Å². The van der Waals surface area contributed by atoms with Gasteiger partial charge >= 0.3 is 6.18 Å². The SMILES string of the molecule is CCc1ccc(Cl)cc1CNc1ncc(C=O)cc1C(F)(F)F. The van der Waals surface area contributed by atoms with Gasteiger partial charge in [-0.1, -0.05) is 24.6 Å². The molecule has 0 aliphatic carbocycles. The Kier molecular flexibility index (Phi) is 5.26. The number of anilines is 1. The van der Waals surface area contributed by atoms with Gasteiger partial charge in [-0.2, -0.15) is 13.2 Å². The van der Waals surface area contributed by atoms with Gasteiger partial charge in [0.1, 0.15) is 5.82 Å². The van der Waals surface area contributed by atoms with Gasteiger partial charge in [0.2, 0.25) is 0 Å². The van der Waals surface area contributed by atoms with Gasteiger partial charge in [-0.3, -0.25) is 4.79 Å². The second-order valence-electron chi connectivity index (χ2n) is 4.90. The highest BCUT2D eigenvalue weighted by molar-refractivity contribution is 6.30. The fourth-order valence-electron chi connectivity index (χ4n) is 2.19. The van der Waals surface area contributed by atoms with Crippen LogP contribution in [-0.2, 0) is 19.1 Å². The third-order valence-electron chi connectivity index (χ3n) is 3.35. The molecule has 0 atom stereocenters. The molecule has 0 saturated carbocycles. The molecule has 1 N–H and O–H groups in total. The molecular formula is C16H14ClF3N2O. The van der Waals surface area contributed by atoms with Gasteiger partial charge in [-0.25, -0.2) is 4.98 Å². The number of hydrogen-bond donors (Lipinski definition) is 1. The summed E-state index contributed by atoms with van der Waals surface area (Å²) in [6.45, 7) is 2.10. The standard InChI is InChI=1S/C16H14ClF3N2O/c1-2-11-3-4-13(17)6-12(11)8-22-15-14(16(18,19)20)5-10(9-23)7-21-15/h3-7,9H,2,8H2,1H3,(H,21,22). The second-order valence-corrected chi connectivity index (χ2v) is 5.34. The number of pyridine rings is 1. The van der Waals surface area contributed by atoms with Crippen molar-refractivity contribution in [2.24, 2.45) is 0 Å². The van der Waals surface area contributed by atoms with E-state index in [4.69, 9.17) is 11.6 Å². The van der Waals surface area contributed by atoms with Gasteiger partial charge in [0.05, 0.1) is 5.56 Å². The molecule has 1 aromatic heterocycles. The van der Waals surface area contributed by atoms with E-state index in [-0.39, 0.29) is 17.9 Å². The number of hydrogen-bond acceptors (Lipinski definition) is 3. The normalized spacial score (nSPS) is 11.3. The molecule has 1 heterocycles. The van der Waals surface area contributed by atoms with Crippen LogP contribution in [0, 0.1) is 0 Å². The second kappa shape index (κ2) is 7.00. The number of halogens is 4. The van der Waals surface area contributed by atoms with E-state index in [2.05, 4.69) is 10.3 Å². The van der Waals surface area contributed by atoms with Crippen LogP contribution in [0.25, 0.3) is 0 Å². The maximum atomic E-state index is 13.1. The van der Waals surface area contributed by atoms with Gasteiger partial charge in [0, 0.05) is 23.3 Å². The topological polar surface area (TPSA) is 42.0 Å². The fourth-order valence-corrected chi connectivity index (χ4v) is 2.38. The minimum absolute atomic E-state index is 0.125. The van der Waals surface area contributed by atoms with E-state index in [1.807, 2.05) is 13.0 Å². The van der Waals surface area contributed by atoms with Crippen molar-refractivity contribution in [3.05, 3.63) is 57.7 Å². The Morgan fingerprint density at radius 2 is 2.00 bits per heavy atom. The summed E-state index contributed by atoms with van der Waals surface area (Å²) in [6, 6.07) is 6.07. The van der Waals surface area contributed by atoms with Crippen molar-refractivity contribution in [1.29, 1.82) is 0 Å². The lowest BCUT2D eigenvalue weighted by Crippen LogP contribution is -2.13. The molecule has 0 aliphatic rings. The third kappa shape index (κ3) is 4.22. The van der Waals surface area contributed by atoms with E-state index in [1.54, 1.807) is 12.1 Å². The van der Waals surface area contributed by atoms with Crippen LogP contribution in [0.15, 0.2) is 30.5 Å². The molecule has 7 heteroatoms. The number of carbonyl (C=O) groups is 1. The molecule has 0 amide bonds. The van der Waals surface area contributed by atoms with E-state index in [1.165, 1.54) is 0 Å². The minimum atomic E-state index is -4.60. The first-order valence-corrected chi connectivity index (χ1v) is 7.26. The molecule has 1 aromatic carbocycles. The Morgan fingerprint density at radius 1 is 1.26 bits per heavy atom. The molecular weight excluding hydrogens is 329 g/mol. The number of rotatable bonds is 5. The average Bonchev–Trinajstić information content (AvgIpc) is 2.52. The largest absolute Gasteiger partial charge is 0.419 e. The molecule has 0 radical (unpaired) electrons. The van der Waals surface area contributed by atoms with Crippen molar-refractivity contribution in [2.45, 2.75) is 26.1 Å². The third-order valence-corrected chi connectivity index (χ3v) is 3.58. The molecule has 0 fully saturated rings. The number of nitrogens with zero attached hydrogens (tertiary/aromatic N) is 1. The summed E-state index contributed by atoms with van der Waals surface area (Å²) in [5.41, 5.74) is 0.691. The molecule has 0 spiro atoms. The van der Waals surface area contributed by atoms with E-state index in [9.17, 15) is 18.0 Å². The molecule has 122 valence electrons. The molecule has 3 nitrogen and oxygen atoms in total. The zero-order chi connectivity index (χ0) is 17.0. The number of aldehydes is 1. The van der Waals surface area contributed by atoms with Crippen molar-refractivity contribution < 1.29 is 18.0 Å². The lowest BCUT2D eigenvalue weighted by atomic mass is 10.1. The zero-order valence-electron chi connectivity index (χ0n) is 12.2. The Labute approximate surface area is 136 Å². The Hall–Kier alpha value is -2.08. The molecule has 0 aliphatic heterocycles. The van der Waals surface area contributed by atoms with Crippen LogP contribution in [0.1, 0.15) is 34.0 Å². The average molecular weight is 343 g/mol. The molecule has 2 rings (SSSR count). The lowest BCUT2D eigenvalue weighted by molar-refractivity contribution is -0.137. The molecule has 0 saturated heterocycles. The van der Waals surface area contributed by atoms with Gasteiger partial charge < -0.3 is 5.32 Å². The Balaban J connectivity index is 2.31. The van der Waals surface area contributed by atoms with Crippen molar-refractivity contribution >= 4 is 23.7 Å². The van der Waals surface area contributed by atoms with Crippen LogP contribution >= 0.6 is 11.6 Å². The summed E-state index contributed by atoms with van der Waals surface area (Å²) in [5.74, 6) is -0.315. The highest BCUT2D eigenvalue weighted by Gasteiger charge is 2.34. The summed E-state index contributed by atoms with van der Waals surface area (Å²) in [6.07, 6.45) is -2.43. The number of carbonyl (C=O) groups excluding carboxylic acids is 1. The van der Waals surface area contributed by atoms with E-state index >= 15 is 0 Å². The number of nitrogens with one attached hydrogen (secondary N) is 1. The van der Waals surface area contributed by atoms with Crippen LogP contribution in [0.3, 0.4) is 0 Å². The van der Waals surface area contributed by atoms with Crippen LogP contribution in [-0.4, -0.2) is 11.3 Å². The van der Waals surface area contributed by atoms with Crippen LogP contribution in [0.4, 0.5) is 19.0 Å². The van der Waals surface area contributed by atoms with Crippen molar-refractivity contribution in [1.82, 2.24) is 4.98 Å². The highest BCUT2D eigenvalue weighted by atomic mass is 35.5. The van der Waals surface area contributed by atoms with Crippen LogP contribution < -0.4 is 5.32 Å². The van der Waals surface area contributed by atoms with E-state index in [0.29, 0.717) is 11.3 Å². The zero-order valence-corrected chi connectivity index (χ0v) is 13.0. The lowest BCUT2D eigenvalue weighted by Gasteiger charge is -2.15. The molecule has 0 unspecified atom stereocenters. The summed E-state index contributed by atoms with van der Waals surface area (Å²) in [7, 11) is 0. The van der Waals surface area contributed by atoms with Gasteiger partial charge in [0.25, 0.3) is 0 Å². The quantitative estimate of drug-likeness (QED) is 0.798. The summed E-state index contributed by atoms with van der Waals surface area (Å²) in [4.78, 5) is 14.4. The van der Waals surface area contributed by atoms with E-state index < -0.39 is 11.7 Å². The van der Waals surface area contributed by atoms with Gasteiger partial charge in [0.15, 0.2) is 6.29 Å². The summed E-state index contributed by atoms with van der Waals surface area (Å²) < 4.78 is 39.2. The van der Waals surface area contributed by atoms with Crippen molar-refractivity contribution in [3.8, 4) is 0 Å². The maximum absolute atomic E-state index is 13.1. The first-order valence-electron chi connectivity index (χ1n) is 6.88. The smallest absolute Gasteiger partial charge is 0.365 e. The Morgan fingerprint density at radius 3 is 2.61 bits per heavy atom. The predicted molar refractivity (Wildman–Crippen MR) is 82.8 cm³/mol.